The van der Waals surface area contributed by atoms with Gasteiger partial charge in [-0.15, -0.1) is 0 Å². The van der Waals surface area contributed by atoms with Crippen LogP contribution in [-0.2, 0) is 9.53 Å². The molecule has 1 aromatic carbocycles. The Kier molecular flexibility index (Phi) is 3.54. The van der Waals surface area contributed by atoms with Crippen molar-refractivity contribution in [2.75, 3.05) is 12.9 Å². The topological polar surface area (TPSA) is 38.3 Å². The maximum atomic E-state index is 11.7. The summed E-state index contributed by atoms with van der Waals surface area (Å²) in [5, 5.41) is 4.05. The van der Waals surface area contributed by atoms with Gasteiger partial charge >= 0.3 is 5.97 Å². The zero-order valence-corrected chi connectivity index (χ0v) is 12.1. The van der Waals surface area contributed by atoms with Crippen molar-refractivity contribution in [3.63, 3.8) is 0 Å². The van der Waals surface area contributed by atoms with Crippen LogP contribution in [-0.4, -0.2) is 30.1 Å². The monoisotopic (exact) mass is 277 g/mol. The van der Waals surface area contributed by atoms with Crippen molar-refractivity contribution in [3.05, 3.63) is 35.4 Å². The third-order valence-corrected chi connectivity index (χ3v) is 5.58. The first-order valence-electron chi connectivity index (χ1n) is 6.75. The van der Waals surface area contributed by atoms with Crippen molar-refractivity contribution >= 4 is 17.7 Å². The van der Waals surface area contributed by atoms with Gasteiger partial charge in [0.15, 0.2) is 0 Å². The van der Waals surface area contributed by atoms with E-state index in [1.54, 1.807) is 0 Å². The van der Waals surface area contributed by atoms with E-state index < -0.39 is 0 Å². The van der Waals surface area contributed by atoms with Crippen LogP contribution in [0.2, 0.25) is 0 Å². The van der Waals surface area contributed by atoms with Crippen LogP contribution in [0.3, 0.4) is 0 Å². The number of thioether (sulfide) groups is 1. The summed E-state index contributed by atoms with van der Waals surface area (Å²) in [5.41, 5.74) is 2.77. The molecule has 1 aliphatic carbocycles. The molecule has 3 nitrogen and oxygen atoms in total. The Bertz CT molecular complexity index is 491. The van der Waals surface area contributed by atoms with Crippen LogP contribution in [0.5, 0.6) is 0 Å². The summed E-state index contributed by atoms with van der Waals surface area (Å²) in [6.45, 7) is 2.29. The predicted molar refractivity (Wildman–Crippen MR) is 77.4 cm³/mol. The summed E-state index contributed by atoms with van der Waals surface area (Å²) in [4.78, 5) is 11.7. The third kappa shape index (κ3) is 2.28. The number of fused-ring (bicyclic) bond motifs is 3. The summed E-state index contributed by atoms with van der Waals surface area (Å²) in [7, 11) is 1.46. The van der Waals surface area contributed by atoms with Crippen LogP contribution >= 0.6 is 11.8 Å². The number of methoxy groups -OCH3 is 1. The number of nitrogens with one attached hydrogen (secondary N) is 1. The molecule has 102 valence electrons. The average molecular weight is 277 g/mol. The van der Waals surface area contributed by atoms with E-state index in [-0.39, 0.29) is 18.1 Å². The zero-order valence-electron chi connectivity index (χ0n) is 11.3. The number of hydrogen-bond acceptors (Lipinski definition) is 4. The molecule has 19 heavy (non-hydrogen) atoms. The lowest BCUT2D eigenvalue weighted by Gasteiger charge is -2.42. The minimum absolute atomic E-state index is 0.151. The quantitative estimate of drug-likeness (QED) is 0.800. The first-order chi connectivity index (χ1) is 9.20. The van der Waals surface area contributed by atoms with E-state index in [9.17, 15) is 4.79 Å². The second-order valence-corrected chi connectivity index (χ2v) is 6.63. The Morgan fingerprint density at radius 3 is 2.84 bits per heavy atom. The highest BCUT2D eigenvalue weighted by molar-refractivity contribution is 8.00. The van der Waals surface area contributed by atoms with Gasteiger partial charge in [-0.2, -0.15) is 11.8 Å². The van der Waals surface area contributed by atoms with Crippen molar-refractivity contribution in [3.8, 4) is 0 Å². The lowest BCUT2D eigenvalue weighted by atomic mass is 9.80. The van der Waals surface area contributed by atoms with E-state index in [0.29, 0.717) is 11.2 Å². The second-order valence-electron chi connectivity index (χ2n) is 5.36. The number of ether oxygens (including phenoxy) is 1. The highest BCUT2D eigenvalue weighted by Crippen LogP contribution is 2.45. The molecule has 1 aliphatic heterocycles. The van der Waals surface area contributed by atoms with Crippen molar-refractivity contribution < 1.29 is 9.53 Å². The molecule has 2 aliphatic rings. The van der Waals surface area contributed by atoms with Gasteiger partial charge in [0.05, 0.1) is 7.11 Å². The molecule has 3 rings (SSSR count). The number of rotatable bonds is 1. The minimum atomic E-state index is -0.183. The fourth-order valence-electron chi connectivity index (χ4n) is 3.18. The SMILES string of the molecule is COC(=O)C1CSC2CC(C)c3ccccc3C2N1. The van der Waals surface area contributed by atoms with E-state index in [2.05, 4.69) is 36.5 Å². The Balaban J connectivity index is 1.90. The molecule has 4 heteroatoms. The molecule has 0 amide bonds. The summed E-state index contributed by atoms with van der Waals surface area (Å²) >= 11 is 1.90. The van der Waals surface area contributed by atoms with Gasteiger partial charge in [-0.25, -0.2) is 0 Å². The molecule has 1 heterocycles. The number of hydrogen-bond donors (Lipinski definition) is 1. The van der Waals surface area contributed by atoms with Crippen LogP contribution in [0, 0.1) is 0 Å². The number of carbonyl (C=O) groups excluding carboxylic acids is 1. The van der Waals surface area contributed by atoms with Gasteiger partial charge in [-0.1, -0.05) is 31.2 Å². The molecule has 4 unspecified atom stereocenters. The molecule has 0 saturated carbocycles. The molecule has 1 saturated heterocycles. The molecular formula is C15H19NO2S. The number of carbonyl (C=O) groups is 1. The van der Waals surface area contributed by atoms with Crippen molar-refractivity contribution in [2.24, 2.45) is 0 Å². The van der Waals surface area contributed by atoms with E-state index in [1.165, 1.54) is 24.7 Å². The van der Waals surface area contributed by atoms with Crippen LogP contribution < -0.4 is 5.32 Å². The van der Waals surface area contributed by atoms with Gasteiger partial charge < -0.3 is 4.74 Å². The Labute approximate surface area is 118 Å². The zero-order chi connectivity index (χ0) is 13.4. The van der Waals surface area contributed by atoms with Crippen LogP contribution in [0.1, 0.15) is 36.4 Å². The standard InChI is InChI=1S/C15H19NO2S/c1-9-7-13-14(11-6-4-3-5-10(9)11)16-12(8-19-13)15(17)18-2/h3-6,9,12-14,16H,7-8H2,1-2H3. The molecule has 1 fully saturated rings. The van der Waals surface area contributed by atoms with Crippen LogP contribution in [0.4, 0.5) is 0 Å². The summed E-state index contributed by atoms with van der Waals surface area (Å²) in [6, 6.07) is 8.68. The van der Waals surface area contributed by atoms with Crippen molar-refractivity contribution in [1.82, 2.24) is 5.32 Å². The molecular weight excluding hydrogens is 258 g/mol. The van der Waals surface area contributed by atoms with Gasteiger partial charge in [-0.05, 0) is 23.5 Å². The lowest BCUT2D eigenvalue weighted by molar-refractivity contribution is -0.142. The minimum Gasteiger partial charge on any atom is -0.468 e. The maximum Gasteiger partial charge on any atom is 0.323 e. The Morgan fingerprint density at radius 2 is 2.11 bits per heavy atom. The fraction of sp³-hybridized carbons (Fsp3) is 0.533. The smallest absolute Gasteiger partial charge is 0.323 e. The number of benzene rings is 1. The van der Waals surface area contributed by atoms with E-state index in [4.69, 9.17) is 4.74 Å². The van der Waals surface area contributed by atoms with Gasteiger partial charge in [0.1, 0.15) is 6.04 Å². The van der Waals surface area contributed by atoms with Gasteiger partial charge in [0.25, 0.3) is 0 Å². The predicted octanol–water partition coefficient (Wildman–Crippen LogP) is 2.48. The average Bonchev–Trinajstić information content (AvgIpc) is 2.46. The van der Waals surface area contributed by atoms with Crippen molar-refractivity contribution in [1.29, 1.82) is 0 Å². The van der Waals surface area contributed by atoms with E-state index >= 15 is 0 Å². The molecule has 1 N–H and O–H groups in total. The lowest BCUT2D eigenvalue weighted by Crippen LogP contribution is -2.50. The Morgan fingerprint density at radius 1 is 1.37 bits per heavy atom. The maximum absolute atomic E-state index is 11.7. The molecule has 0 spiro atoms. The van der Waals surface area contributed by atoms with Crippen molar-refractivity contribution in [2.45, 2.75) is 36.6 Å². The summed E-state index contributed by atoms with van der Waals surface area (Å²) < 4.78 is 4.86. The highest BCUT2D eigenvalue weighted by atomic mass is 32.2. The second kappa shape index (κ2) is 5.17. The molecule has 4 atom stereocenters. The summed E-state index contributed by atoms with van der Waals surface area (Å²) in [6.07, 6.45) is 1.17. The first kappa shape index (κ1) is 13.0. The van der Waals surface area contributed by atoms with Crippen LogP contribution in [0.25, 0.3) is 0 Å². The van der Waals surface area contributed by atoms with E-state index in [0.717, 1.165) is 5.75 Å². The molecule has 1 aromatic rings. The van der Waals surface area contributed by atoms with E-state index in [1.807, 2.05) is 11.8 Å². The molecule has 0 aromatic heterocycles. The van der Waals surface area contributed by atoms with Crippen LogP contribution in [0.15, 0.2) is 24.3 Å². The number of esters is 1. The van der Waals surface area contributed by atoms with Gasteiger partial charge in [-0.3, -0.25) is 10.1 Å². The normalized spacial score (nSPS) is 33.2. The van der Waals surface area contributed by atoms with Gasteiger partial charge in [0, 0.05) is 17.0 Å². The molecule has 0 radical (unpaired) electrons. The highest BCUT2D eigenvalue weighted by Gasteiger charge is 2.39. The first-order valence-corrected chi connectivity index (χ1v) is 7.80. The summed E-state index contributed by atoms with van der Waals surface area (Å²) in [5.74, 6) is 1.26. The van der Waals surface area contributed by atoms with Gasteiger partial charge in [0.2, 0.25) is 0 Å². The fourth-order valence-corrected chi connectivity index (χ4v) is 4.69. The third-order valence-electron chi connectivity index (χ3n) is 4.16. The largest absolute Gasteiger partial charge is 0.468 e. The molecule has 0 bridgehead atoms. The Hall–Kier alpha value is -1.00.